The summed E-state index contributed by atoms with van der Waals surface area (Å²) in [6, 6.07) is 15.6. The average Bonchev–Trinajstić information content (AvgIpc) is 3.29. The Morgan fingerprint density at radius 2 is 1.70 bits per heavy atom. The van der Waals surface area contributed by atoms with Gasteiger partial charge in [-0.25, -0.2) is 0 Å². The van der Waals surface area contributed by atoms with Gasteiger partial charge in [0.05, 0.1) is 0 Å². The second kappa shape index (κ2) is 11.2. The summed E-state index contributed by atoms with van der Waals surface area (Å²) >= 11 is 6.38. The fourth-order valence-electron chi connectivity index (χ4n) is 4.35. The maximum Gasteiger partial charge on any atom is 0.242 e. The van der Waals surface area contributed by atoms with Crippen LogP contribution in [0.25, 0.3) is 0 Å². The SMILES string of the molecule is C[C@@H](C(=O)NC1CCCC1)N(Cc1ccccc1Cl)C(=O)CCc1ccc(C(C)(C)C)cc1. The molecule has 2 aromatic rings. The summed E-state index contributed by atoms with van der Waals surface area (Å²) in [4.78, 5) is 28.0. The predicted octanol–water partition coefficient (Wildman–Crippen LogP) is 6.05. The van der Waals surface area contributed by atoms with E-state index >= 15 is 0 Å². The van der Waals surface area contributed by atoms with Crippen LogP contribution in [0.3, 0.4) is 0 Å². The lowest BCUT2D eigenvalue weighted by atomic mass is 9.86. The fourth-order valence-corrected chi connectivity index (χ4v) is 4.55. The van der Waals surface area contributed by atoms with Gasteiger partial charge in [-0.3, -0.25) is 9.59 Å². The van der Waals surface area contributed by atoms with E-state index in [2.05, 4.69) is 50.4 Å². The van der Waals surface area contributed by atoms with Gasteiger partial charge in [0.15, 0.2) is 0 Å². The molecule has 1 aliphatic rings. The number of amides is 2. The van der Waals surface area contributed by atoms with Gasteiger partial charge in [0, 0.05) is 24.0 Å². The predicted molar refractivity (Wildman–Crippen MR) is 135 cm³/mol. The van der Waals surface area contributed by atoms with Crippen LogP contribution >= 0.6 is 11.6 Å². The maximum atomic E-state index is 13.3. The third-order valence-electron chi connectivity index (χ3n) is 6.61. The Morgan fingerprint density at radius 1 is 1.06 bits per heavy atom. The number of halogens is 1. The van der Waals surface area contributed by atoms with Crippen molar-refractivity contribution in [3.63, 3.8) is 0 Å². The van der Waals surface area contributed by atoms with Crippen LogP contribution in [0.4, 0.5) is 0 Å². The van der Waals surface area contributed by atoms with E-state index in [1.54, 1.807) is 4.90 Å². The van der Waals surface area contributed by atoms with Crippen LogP contribution in [0.2, 0.25) is 5.02 Å². The molecule has 0 unspecified atom stereocenters. The largest absolute Gasteiger partial charge is 0.352 e. The Bertz CT molecular complexity index is 943. The summed E-state index contributed by atoms with van der Waals surface area (Å²) in [5, 5.41) is 3.75. The topological polar surface area (TPSA) is 49.4 Å². The highest BCUT2D eigenvalue weighted by atomic mass is 35.5. The second-order valence-electron chi connectivity index (χ2n) is 10.2. The van der Waals surface area contributed by atoms with E-state index < -0.39 is 6.04 Å². The number of rotatable bonds is 8. The van der Waals surface area contributed by atoms with Gasteiger partial charge >= 0.3 is 0 Å². The molecule has 4 nitrogen and oxygen atoms in total. The van der Waals surface area contributed by atoms with Crippen LogP contribution in [0.15, 0.2) is 48.5 Å². The molecule has 1 N–H and O–H groups in total. The van der Waals surface area contributed by atoms with Crippen LogP contribution in [0.1, 0.15) is 76.5 Å². The molecule has 0 radical (unpaired) electrons. The van der Waals surface area contributed by atoms with Crippen molar-refractivity contribution in [3.8, 4) is 0 Å². The third-order valence-corrected chi connectivity index (χ3v) is 6.98. The zero-order valence-electron chi connectivity index (χ0n) is 20.4. The lowest BCUT2D eigenvalue weighted by molar-refractivity contribution is -0.140. The molecule has 2 amide bonds. The highest BCUT2D eigenvalue weighted by molar-refractivity contribution is 6.31. The van der Waals surface area contributed by atoms with Crippen molar-refractivity contribution in [1.82, 2.24) is 10.2 Å². The van der Waals surface area contributed by atoms with E-state index in [1.165, 1.54) is 5.56 Å². The van der Waals surface area contributed by atoms with Crippen molar-refractivity contribution >= 4 is 23.4 Å². The van der Waals surface area contributed by atoms with Crippen LogP contribution in [0, 0.1) is 0 Å². The Hall–Kier alpha value is -2.33. The first kappa shape index (κ1) is 25.3. The smallest absolute Gasteiger partial charge is 0.242 e. The molecule has 1 aliphatic carbocycles. The van der Waals surface area contributed by atoms with Crippen molar-refractivity contribution in [2.45, 2.75) is 90.3 Å². The van der Waals surface area contributed by atoms with Gasteiger partial charge in [0.2, 0.25) is 11.8 Å². The van der Waals surface area contributed by atoms with E-state index in [0.717, 1.165) is 36.8 Å². The number of benzene rings is 2. The van der Waals surface area contributed by atoms with E-state index in [4.69, 9.17) is 11.6 Å². The fraction of sp³-hybridized carbons (Fsp3) is 0.500. The number of hydrogen-bond acceptors (Lipinski definition) is 2. The number of nitrogens with one attached hydrogen (secondary N) is 1. The van der Waals surface area contributed by atoms with Gasteiger partial charge < -0.3 is 10.2 Å². The zero-order chi connectivity index (χ0) is 24.0. The number of carbonyl (C=O) groups excluding carboxylic acids is 2. The maximum absolute atomic E-state index is 13.3. The Kier molecular flexibility index (Phi) is 8.58. The van der Waals surface area contributed by atoms with E-state index in [1.807, 2.05) is 31.2 Å². The summed E-state index contributed by atoms with van der Waals surface area (Å²) in [6.45, 7) is 8.71. The molecule has 0 bridgehead atoms. The number of hydrogen-bond donors (Lipinski definition) is 1. The summed E-state index contributed by atoms with van der Waals surface area (Å²) in [7, 11) is 0. The lowest BCUT2D eigenvalue weighted by Crippen LogP contribution is -2.49. The normalized spacial score (nSPS) is 15.3. The first-order chi connectivity index (χ1) is 15.6. The summed E-state index contributed by atoms with van der Waals surface area (Å²) in [6.07, 6.45) is 5.31. The summed E-state index contributed by atoms with van der Waals surface area (Å²) in [5.41, 5.74) is 3.34. The Morgan fingerprint density at radius 3 is 2.30 bits per heavy atom. The monoisotopic (exact) mass is 468 g/mol. The van der Waals surface area contributed by atoms with Gasteiger partial charge in [-0.2, -0.15) is 0 Å². The van der Waals surface area contributed by atoms with Gasteiger partial charge in [0.1, 0.15) is 6.04 Å². The lowest BCUT2D eigenvalue weighted by Gasteiger charge is -2.30. The van der Waals surface area contributed by atoms with Crippen LogP contribution in [0.5, 0.6) is 0 Å². The van der Waals surface area contributed by atoms with Crippen molar-refractivity contribution in [2.75, 3.05) is 0 Å². The quantitative estimate of drug-likeness (QED) is 0.513. The second-order valence-corrected chi connectivity index (χ2v) is 10.6. The minimum Gasteiger partial charge on any atom is -0.352 e. The first-order valence-corrected chi connectivity index (χ1v) is 12.5. The van der Waals surface area contributed by atoms with Crippen molar-refractivity contribution in [1.29, 1.82) is 0 Å². The Balaban J connectivity index is 1.70. The molecule has 0 aromatic heterocycles. The van der Waals surface area contributed by atoms with E-state index in [0.29, 0.717) is 24.4 Å². The summed E-state index contributed by atoms with van der Waals surface area (Å²) < 4.78 is 0. The molecule has 1 atom stereocenters. The molecule has 0 saturated heterocycles. The van der Waals surface area contributed by atoms with Gasteiger partial charge in [-0.1, -0.05) is 87.7 Å². The number of aryl methyl sites for hydroxylation is 1. The molecule has 2 aromatic carbocycles. The summed E-state index contributed by atoms with van der Waals surface area (Å²) in [5.74, 6) is -0.124. The highest BCUT2D eigenvalue weighted by Crippen LogP contribution is 2.24. The molecule has 3 rings (SSSR count). The van der Waals surface area contributed by atoms with Gasteiger partial charge in [0.25, 0.3) is 0 Å². The van der Waals surface area contributed by atoms with Crippen LogP contribution in [-0.4, -0.2) is 28.8 Å². The molecule has 0 spiro atoms. The molecular formula is C28H37ClN2O2. The van der Waals surface area contributed by atoms with Gasteiger partial charge in [-0.05, 0) is 54.4 Å². The standard InChI is InChI=1S/C28H37ClN2O2/c1-20(27(33)30-24-10-6-7-11-24)31(19-22-9-5-8-12-25(22)29)26(32)18-15-21-13-16-23(17-14-21)28(2,3)4/h5,8-9,12-14,16-17,20,24H,6-7,10-11,15,18-19H2,1-4H3,(H,30,33)/t20-/m0/s1. The zero-order valence-corrected chi connectivity index (χ0v) is 21.1. The average molecular weight is 469 g/mol. The number of nitrogens with zero attached hydrogens (tertiary/aromatic N) is 1. The molecule has 1 fully saturated rings. The molecule has 0 aliphatic heterocycles. The van der Waals surface area contributed by atoms with Crippen molar-refractivity contribution in [3.05, 3.63) is 70.2 Å². The minimum atomic E-state index is -0.558. The highest BCUT2D eigenvalue weighted by Gasteiger charge is 2.28. The van der Waals surface area contributed by atoms with E-state index in [9.17, 15) is 9.59 Å². The minimum absolute atomic E-state index is 0.0381. The van der Waals surface area contributed by atoms with Crippen LogP contribution < -0.4 is 5.32 Å². The molecule has 1 saturated carbocycles. The third kappa shape index (κ3) is 7.07. The van der Waals surface area contributed by atoms with Gasteiger partial charge in [-0.15, -0.1) is 0 Å². The van der Waals surface area contributed by atoms with E-state index in [-0.39, 0.29) is 23.3 Å². The molecular weight excluding hydrogens is 432 g/mol. The molecule has 33 heavy (non-hydrogen) atoms. The first-order valence-electron chi connectivity index (χ1n) is 12.1. The molecule has 5 heteroatoms. The Labute approximate surface area is 203 Å². The number of carbonyl (C=O) groups is 2. The van der Waals surface area contributed by atoms with Crippen LogP contribution in [-0.2, 0) is 28.0 Å². The molecule has 0 heterocycles. The van der Waals surface area contributed by atoms with Crippen molar-refractivity contribution < 1.29 is 9.59 Å². The molecule has 178 valence electrons. The van der Waals surface area contributed by atoms with Crippen molar-refractivity contribution in [2.24, 2.45) is 0 Å².